The summed E-state index contributed by atoms with van der Waals surface area (Å²) in [6, 6.07) is 12.2. The van der Waals surface area contributed by atoms with E-state index in [1.165, 1.54) is 6.20 Å². The highest BCUT2D eigenvalue weighted by molar-refractivity contribution is 5.87. The molecule has 0 atom stereocenters. The second kappa shape index (κ2) is 6.04. The Kier molecular flexibility index (Phi) is 3.59. The van der Waals surface area contributed by atoms with Crippen molar-refractivity contribution in [3.05, 3.63) is 60.0 Å². The molecule has 1 aromatic carbocycles. The Morgan fingerprint density at radius 2 is 2.04 bits per heavy atom. The van der Waals surface area contributed by atoms with Crippen molar-refractivity contribution in [3.63, 3.8) is 0 Å². The first kappa shape index (κ1) is 14.3. The van der Waals surface area contributed by atoms with Gasteiger partial charge in [0.05, 0.1) is 0 Å². The van der Waals surface area contributed by atoms with Crippen LogP contribution < -0.4 is 9.47 Å². The quantitative estimate of drug-likeness (QED) is 0.682. The normalized spacial score (nSPS) is 12.2. The van der Waals surface area contributed by atoms with Crippen molar-refractivity contribution >= 4 is 5.97 Å². The summed E-state index contributed by atoms with van der Waals surface area (Å²) in [5.74, 6) is 1.40. The first-order valence-corrected chi connectivity index (χ1v) is 7.23. The molecule has 1 aliphatic heterocycles. The molecular formula is C17H12N2O5. The van der Waals surface area contributed by atoms with E-state index in [0.717, 1.165) is 5.56 Å². The molecule has 0 unspecified atom stereocenters. The fraction of sp³-hybridized carbons (Fsp3) is 0.118. The molecule has 0 fully saturated rings. The number of aromatic nitrogens is 2. The number of carbonyl (C=O) groups excluding carboxylic acids is 1. The van der Waals surface area contributed by atoms with Crippen molar-refractivity contribution in [2.75, 3.05) is 6.79 Å². The van der Waals surface area contributed by atoms with Gasteiger partial charge >= 0.3 is 5.97 Å². The molecule has 0 amide bonds. The van der Waals surface area contributed by atoms with Crippen LogP contribution in [0.4, 0.5) is 0 Å². The molecule has 0 saturated carbocycles. The molecule has 1 aliphatic rings. The zero-order valence-corrected chi connectivity index (χ0v) is 12.5. The van der Waals surface area contributed by atoms with Gasteiger partial charge in [0.1, 0.15) is 18.0 Å². The summed E-state index contributed by atoms with van der Waals surface area (Å²) < 4.78 is 21.1. The minimum atomic E-state index is -0.511. The highest BCUT2D eigenvalue weighted by Gasteiger charge is 2.16. The van der Waals surface area contributed by atoms with E-state index in [2.05, 4.69) is 10.1 Å². The number of benzene rings is 1. The molecule has 0 radical (unpaired) electrons. The molecule has 0 aliphatic carbocycles. The van der Waals surface area contributed by atoms with Crippen LogP contribution in [0.15, 0.2) is 53.2 Å². The largest absolute Gasteiger partial charge is 0.454 e. The van der Waals surface area contributed by atoms with Crippen molar-refractivity contribution in [1.29, 1.82) is 0 Å². The molecule has 0 saturated heterocycles. The van der Waals surface area contributed by atoms with E-state index in [1.807, 2.05) is 12.1 Å². The molecule has 7 heteroatoms. The van der Waals surface area contributed by atoms with Crippen LogP contribution >= 0.6 is 0 Å². The van der Waals surface area contributed by atoms with E-state index in [4.69, 9.17) is 18.7 Å². The number of rotatable bonds is 4. The van der Waals surface area contributed by atoms with Crippen molar-refractivity contribution < 1.29 is 23.5 Å². The molecule has 4 rings (SSSR count). The molecule has 7 nitrogen and oxygen atoms in total. The van der Waals surface area contributed by atoms with Crippen LogP contribution in [-0.4, -0.2) is 22.9 Å². The Hall–Kier alpha value is -3.35. The summed E-state index contributed by atoms with van der Waals surface area (Å²) in [5, 5.41) is 3.91. The molecule has 0 spiro atoms. The molecule has 2 aromatic heterocycles. The summed E-state index contributed by atoms with van der Waals surface area (Å²) >= 11 is 0. The highest BCUT2D eigenvalue weighted by atomic mass is 16.7. The molecule has 24 heavy (non-hydrogen) atoms. The summed E-state index contributed by atoms with van der Waals surface area (Å²) in [4.78, 5) is 15.8. The van der Waals surface area contributed by atoms with Gasteiger partial charge in [-0.2, -0.15) is 0 Å². The summed E-state index contributed by atoms with van der Waals surface area (Å²) in [6.07, 6.45) is 1.53. The van der Waals surface area contributed by atoms with Gasteiger partial charge in [0, 0.05) is 17.8 Å². The minimum absolute atomic E-state index is 0.00343. The van der Waals surface area contributed by atoms with Crippen molar-refractivity contribution in [2.45, 2.75) is 6.61 Å². The van der Waals surface area contributed by atoms with Gasteiger partial charge in [-0.3, -0.25) is 0 Å². The minimum Gasteiger partial charge on any atom is -0.454 e. The van der Waals surface area contributed by atoms with Crippen molar-refractivity contribution in [2.24, 2.45) is 0 Å². The molecule has 120 valence electrons. The zero-order valence-electron chi connectivity index (χ0n) is 12.5. The third kappa shape index (κ3) is 2.79. The molecule has 3 heterocycles. The van der Waals surface area contributed by atoms with E-state index in [0.29, 0.717) is 23.0 Å². The number of hydrogen-bond acceptors (Lipinski definition) is 7. The predicted molar refractivity (Wildman–Crippen MR) is 81.4 cm³/mol. The molecule has 0 bridgehead atoms. The van der Waals surface area contributed by atoms with Crippen LogP contribution in [-0.2, 0) is 11.3 Å². The second-order valence-corrected chi connectivity index (χ2v) is 5.04. The van der Waals surface area contributed by atoms with E-state index < -0.39 is 5.97 Å². The maximum Gasteiger partial charge on any atom is 0.357 e. The number of pyridine rings is 1. The highest BCUT2D eigenvalue weighted by Crippen LogP contribution is 2.36. The van der Waals surface area contributed by atoms with Gasteiger partial charge in [-0.05, 0) is 30.3 Å². The fourth-order valence-electron chi connectivity index (χ4n) is 2.26. The van der Waals surface area contributed by atoms with E-state index in [9.17, 15) is 4.79 Å². The maximum absolute atomic E-state index is 11.8. The number of esters is 1. The number of ether oxygens (including phenoxy) is 3. The van der Waals surface area contributed by atoms with E-state index in [1.54, 1.807) is 30.3 Å². The topological polar surface area (TPSA) is 83.7 Å². The fourth-order valence-corrected chi connectivity index (χ4v) is 2.26. The third-order valence-electron chi connectivity index (χ3n) is 3.44. The van der Waals surface area contributed by atoms with Crippen molar-refractivity contribution in [1.82, 2.24) is 10.1 Å². The predicted octanol–water partition coefficient (Wildman–Crippen LogP) is 2.82. The number of hydrogen-bond donors (Lipinski definition) is 0. The SMILES string of the molecule is O=C(OCc1cc(-c2ccc3c(c2)OCO3)on1)c1ccccn1. The molecular weight excluding hydrogens is 312 g/mol. The lowest BCUT2D eigenvalue weighted by Crippen LogP contribution is -2.06. The van der Waals surface area contributed by atoms with E-state index >= 15 is 0 Å². The van der Waals surface area contributed by atoms with Crippen molar-refractivity contribution in [3.8, 4) is 22.8 Å². The number of nitrogens with zero attached hydrogens (tertiary/aromatic N) is 2. The Balaban J connectivity index is 1.44. The van der Waals surface area contributed by atoms with Crippen LogP contribution in [0, 0.1) is 0 Å². The first-order chi connectivity index (χ1) is 11.8. The Morgan fingerprint density at radius 3 is 2.92 bits per heavy atom. The standard InChI is InChI=1S/C17H12N2O5/c20-17(13-3-1-2-6-18-13)21-9-12-8-15(24-19-12)11-4-5-14-16(7-11)23-10-22-14/h1-8H,9-10H2. The monoisotopic (exact) mass is 324 g/mol. The van der Waals surface area contributed by atoms with Gasteiger partial charge in [0.25, 0.3) is 0 Å². The average Bonchev–Trinajstić information content (AvgIpc) is 3.29. The van der Waals surface area contributed by atoms with Gasteiger partial charge < -0.3 is 18.7 Å². The molecule has 0 N–H and O–H groups in total. The average molecular weight is 324 g/mol. The zero-order chi connectivity index (χ0) is 16.4. The lowest BCUT2D eigenvalue weighted by Gasteiger charge is -2.00. The van der Waals surface area contributed by atoms with Crippen LogP contribution in [0.5, 0.6) is 11.5 Å². The Labute approximate surface area is 136 Å². The Bertz CT molecular complexity index is 876. The lowest BCUT2D eigenvalue weighted by atomic mass is 10.1. The third-order valence-corrected chi connectivity index (χ3v) is 3.44. The lowest BCUT2D eigenvalue weighted by molar-refractivity contribution is 0.0457. The Morgan fingerprint density at radius 1 is 1.12 bits per heavy atom. The molecule has 3 aromatic rings. The van der Waals surface area contributed by atoms with E-state index in [-0.39, 0.29) is 19.1 Å². The first-order valence-electron chi connectivity index (χ1n) is 7.23. The number of fused-ring (bicyclic) bond motifs is 1. The second-order valence-electron chi connectivity index (χ2n) is 5.04. The maximum atomic E-state index is 11.8. The van der Waals surface area contributed by atoms with Gasteiger partial charge in [-0.15, -0.1) is 0 Å². The van der Waals surface area contributed by atoms with Crippen LogP contribution in [0.3, 0.4) is 0 Å². The summed E-state index contributed by atoms with van der Waals surface area (Å²) in [5.41, 5.74) is 1.55. The van der Waals surface area contributed by atoms with Gasteiger partial charge in [0.15, 0.2) is 17.3 Å². The van der Waals surface area contributed by atoms with Crippen LogP contribution in [0.25, 0.3) is 11.3 Å². The van der Waals surface area contributed by atoms with Crippen LogP contribution in [0.1, 0.15) is 16.2 Å². The summed E-state index contributed by atoms with van der Waals surface area (Å²) in [6.45, 7) is 0.216. The van der Waals surface area contributed by atoms with Gasteiger partial charge in [-0.1, -0.05) is 11.2 Å². The smallest absolute Gasteiger partial charge is 0.357 e. The van der Waals surface area contributed by atoms with Gasteiger partial charge in [0.2, 0.25) is 6.79 Å². The number of carbonyl (C=O) groups is 1. The summed E-state index contributed by atoms with van der Waals surface area (Å²) in [7, 11) is 0. The van der Waals surface area contributed by atoms with Crippen LogP contribution in [0.2, 0.25) is 0 Å². The van der Waals surface area contributed by atoms with Gasteiger partial charge in [-0.25, -0.2) is 9.78 Å².